The van der Waals surface area contributed by atoms with E-state index < -0.39 is 0 Å². The van der Waals surface area contributed by atoms with Crippen LogP contribution in [-0.4, -0.2) is 19.9 Å². The lowest BCUT2D eigenvalue weighted by Crippen LogP contribution is -1.87. The summed E-state index contributed by atoms with van der Waals surface area (Å²) in [5.74, 6) is 0.860. The maximum absolute atomic E-state index is 4.27. The van der Waals surface area contributed by atoms with Gasteiger partial charge in [0.05, 0.1) is 6.33 Å². The van der Waals surface area contributed by atoms with Crippen molar-refractivity contribution in [2.75, 3.05) is 0 Å². The van der Waals surface area contributed by atoms with Gasteiger partial charge in [0.25, 0.3) is 0 Å². The molecule has 1 aromatic carbocycles. The highest BCUT2D eigenvalue weighted by Gasteiger charge is 2.06. The smallest absolute Gasteiger partial charge is 0.161 e. The van der Waals surface area contributed by atoms with Crippen LogP contribution in [0.2, 0.25) is 0 Å². The topological polar surface area (TPSA) is 54.5 Å². The maximum Gasteiger partial charge on any atom is 0.161 e. The molecule has 0 bridgehead atoms. The number of H-pyrrole nitrogens is 1. The average Bonchev–Trinajstić information content (AvgIpc) is 2.85. The van der Waals surface area contributed by atoms with Crippen LogP contribution in [0.1, 0.15) is 5.56 Å². The van der Waals surface area contributed by atoms with E-state index in [2.05, 4.69) is 48.0 Å². The molecular formula is C12H9BrN4S. The normalized spacial score (nSPS) is 10.9. The minimum atomic E-state index is 0.779. The van der Waals surface area contributed by atoms with E-state index in [0.29, 0.717) is 0 Å². The van der Waals surface area contributed by atoms with E-state index in [-0.39, 0.29) is 0 Å². The summed E-state index contributed by atoms with van der Waals surface area (Å²) in [7, 11) is 0. The first-order valence-electron chi connectivity index (χ1n) is 5.34. The number of nitrogens with one attached hydrogen (secondary N) is 1. The van der Waals surface area contributed by atoms with Crippen molar-refractivity contribution in [3.63, 3.8) is 0 Å². The van der Waals surface area contributed by atoms with E-state index in [0.717, 1.165) is 26.4 Å². The monoisotopic (exact) mass is 320 g/mol. The minimum absolute atomic E-state index is 0.779. The number of hydrogen-bond acceptors (Lipinski definition) is 4. The Bertz CT molecular complexity index is 682. The second kappa shape index (κ2) is 5.07. The molecule has 2 heterocycles. The second-order valence-corrected chi connectivity index (χ2v) is 5.58. The highest BCUT2D eigenvalue weighted by Crippen LogP contribution is 2.26. The van der Waals surface area contributed by atoms with Gasteiger partial charge in [-0.15, -0.1) is 0 Å². The standard InChI is InChI=1S/C12H9BrN4S/c13-9-3-1-2-8(4-9)5-18-12-10-11(15-6-14-10)16-7-17-12/h1-4,6-7H,5H2,(H,14,15,16,17). The van der Waals surface area contributed by atoms with Crippen LogP contribution >= 0.6 is 27.7 Å². The van der Waals surface area contributed by atoms with Gasteiger partial charge in [0.2, 0.25) is 0 Å². The third-order valence-electron chi connectivity index (χ3n) is 2.45. The van der Waals surface area contributed by atoms with E-state index >= 15 is 0 Å². The fourth-order valence-corrected chi connectivity index (χ4v) is 2.96. The van der Waals surface area contributed by atoms with E-state index in [1.165, 1.54) is 5.56 Å². The Balaban J connectivity index is 1.83. The van der Waals surface area contributed by atoms with Crippen molar-refractivity contribution in [2.45, 2.75) is 10.8 Å². The quantitative estimate of drug-likeness (QED) is 0.593. The number of imidazole rings is 1. The lowest BCUT2D eigenvalue weighted by molar-refractivity contribution is 1.08. The third-order valence-corrected chi connectivity index (χ3v) is 3.99. The molecule has 0 saturated heterocycles. The zero-order chi connectivity index (χ0) is 12.4. The summed E-state index contributed by atoms with van der Waals surface area (Å²) < 4.78 is 1.09. The summed E-state index contributed by atoms with van der Waals surface area (Å²) in [6, 6.07) is 8.26. The van der Waals surface area contributed by atoms with Crippen LogP contribution in [0.25, 0.3) is 11.2 Å². The Kier molecular flexibility index (Phi) is 3.29. The van der Waals surface area contributed by atoms with Crippen molar-refractivity contribution in [3.8, 4) is 0 Å². The van der Waals surface area contributed by atoms with Crippen molar-refractivity contribution < 1.29 is 0 Å². The zero-order valence-corrected chi connectivity index (χ0v) is 11.7. The van der Waals surface area contributed by atoms with Gasteiger partial charge >= 0.3 is 0 Å². The molecule has 90 valence electrons. The molecule has 3 rings (SSSR count). The molecule has 6 heteroatoms. The fourth-order valence-electron chi connectivity index (χ4n) is 1.63. The molecule has 0 fully saturated rings. The molecule has 1 N–H and O–H groups in total. The summed E-state index contributed by atoms with van der Waals surface area (Å²) in [5.41, 5.74) is 2.86. The number of aromatic amines is 1. The summed E-state index contributed by atoms with van der Waals surface area (Å²) >= 11 is 5.13. The minimum Gasteiger partial charge on any atom is -0.329 e. The van der Waals surface area contributed by atoms with Crippen LogP contribution in [0.15, 0.2) is 46.4 Å². The molecule has 0 aliphatic carbocycles. The number of fused-ring (bicyclic) bond motifs is 1. The van der Waals surface area contributed by atoms with Crippen molar-refractivity contribution in [2.24, 2.45) is 0 Å². The molecule has 0 unspecified atom stereocenters. The van der Waals surface area contributed by atoms with E-state index in [1.54, 1.807) is 24.4 Å². The number of nitrogens with zero attached hydrogens (tertiary/aromatic N) is 3. The van der Waals surface area contributed by atoms with Gasteiger partial charge in [0.15, 0.2) is 5.65 Å². The van der Waals surface area contributed by atoms with Crippen LogP contribution in [-0.2, 0) is 5.75 Å². The highest BCUT2D eigenvalue weighted by atomic mass is 79.9. The van der Waals surface area contributed by atoms with Gasteiger partial charge in [0, 0.05) is 10.2 Å². The molecule has 0 saturated carbocycles. The number of rotatable bonds is 3. The Morgan fingerprint density at radius 3 is 3.06 bits per heavy atom. The van der Waals surface area contributed by atoms with Gasteiger partial charge in [-0.1, -0.05) is 39.8 Å². The van der Waals surface area contributed by atoms with Gasteiger partial charge in [-0.25, -0.2) is 15.0 Å². The molecule has 4 nitrogen and oxygen atoms in total. The largest absolute Gasteiger partial charge is 0.329 e. The summed E-state index contributed by atoms with van der Waals surface area (Å²) in [6.07, 6.45) is 3.20. The van der Waals surface area contributed by atoms with Crippen molar-refractivity contribution >= 4 is 38.9 Å². The SMILES string of the molecule is Brc1cccc(CSc2ncnc3[nH]cnc23)c1. The van der Waals surface area contributed by atoms with Crippen LogP contribution in [0.4, 0.5) is 0 Å². The molecule has 0 spiro atoms. The van der Waals surface area contributed by atoms with Crippen LogP contribution in [0.3, 0.4) is 0 Å². The fraction of sp³-hybridized carbons (Fsp3) is 0.0833. The molecule has 3 aromatic rings. The molecule has 18 heavy (non-hydrogen) atoms. The predicted octanol–water partition coefficient (Wildman–Crippen LogP) is 3.41. The van der Waals surface area contributed by atoms with E-state index in [1.807, 2.05) is 12.1 Å². The lowest BCUT2D eigenvalue weighted by atomic mass is 10.2. The van der Waals surface area contributed by atoms with Gasteiger partial charge in [-0.05, 0) is 17.7 Å². The zero-order valence-electron chi connectivity index (χ0n) is 9.30. The summed E-state index contributed by atoms with van der Waals surface area (Å²) in [5, 5.41) is 0.904. The predicted molar refractivity (Wildman–Crippen MR) is 75.4 cm³/mol. The number of halogens is 1. The van der Waals surface area contributed by atoms with Gasteiger partial charge < -0.3 is 4.98 Å². The highest BCUT2D eigenvalue weighted by molar-refractivity contribution is 9.10. The van der Waals surface area contributed by atoms with E-state index in [9.17, 15) is 0 Å². The van der Waals surface area contributed by atoms with E-state index in [4.69, 9.17) is 0 Å². The first kappa shape index (κ1) is 11.7. The Morgan fingerprint density at radius 1 is 1.22 bits per heavy atom. The summed E-state index contributed by atoms with van der Waals surface area (Å²) in [4.78, 5) is 15.6. The molecule has 2 aromatic heterocycles. The van der Waals surface area contributed by atoms with Gasteiger partial charge in [0.1, 0.15) is 16.9 Å². The van der Waals surface area contributed by atoms with Gasteiger partial charge in [-0.3, -0.25) is 0 Å². The first-order chi connectivity index (χ1) is 8.83. The third kappa shape index (κ3) is 2.39. The van der Waals surface area contributed by atoms with Gasteiger partial charge in [-0.2, -0.15) is 0 Å². The molecule has 0 aliphatic rings. The maximum atomic E-state index is 4.27. The van der Waals surface area contributed by atoms with Crippen LogP contribution in [0.5, 0.6) is 0 Å². The number of thioether (sulfide) groups is 1. The Labute approximate surface area is 116 Å². The van der Waals surface area contributed by atoms with Crippen molar-refractivity contribution in [3.05, 3.63) is 47.0 Å². The number of hydrogen-bond donors (Lipinski definition) is 1. The Morgan fingerprint density at radius 2 is 2.17 bits per heavy atom. The average molecular weight is 321 g/mol. The number of aromatic nitrogens is 4. The second-order valence-electron chi connectivity index (χ2n) is 3.70. The summed E-state index contributed by atoms with van der Waals surface area (Å²) in [6.45, 7) is 0. The van der Waals surface area contributed by atoms with Crippen molar-refractivity contribution in [1.29, 1.82) is 0 Å². The molecular weight excluding hydrogens is 312 g/mol. The first-order valence-corrected chi connectivity index (χ1v) is 7.12. The molecule has 0 atom stereocenters. The molecule has 0 aliphatic heterocycles. The number of benzene rings is 1. The van der Waals surface area contributed by atoms with Crippen molar-refractivity contribution in [1.82, 2.24) is 19.9 Å². The van der Waals surface area contributed by atoms with Crippen LogP contribution < -0.4 is 0 Å². The van der Waals surface area contributed by atoms with Crippen LogP contribution in [0, 0.1) is 0 Å². The lowest BCUT2D eigenvalue weighted by Gasteiger charge is -2.02. The molecule has 0 radical (unpaired) electrons. The molecule has 0 amide bonds. The Hall–Kier alpha value is -1.40.